The molecule has 116 valence electrons. The molecule has 0 saturated heterocycles. The van der Waals surface area contributed by atoms with Crippen LogP contribution in [-0.2, 0) is 4.84 Å². The van der Waals surface area contributed by atoms with Gasteiger partial charge in [-0.3, -0.25) is 14.6 Å². The van der Waals surface area contributed by atoms with E-state index < -0.39 is 17.8 Å². The molecule has 0 radical (unpaired) electrons. The zero-order valence-electron chi connectivity index (χ0n) is 12.5. The van der Waals surface area contributed by atoms with E-state index >= 15 is 0 Å². The van der Waals surface area contributed by atoms with Gasteiger partial charge in [0.15, 0.2) is 0 Å². The van der Waals surface area contributed by atoms with Crippen LogP contribution in [0, 0.1) is 0 Å². The van der Waals surface area contributed by atoms with E-state index in [1.807, 2.05) is 0 Å². The van der Waals surface area contributed by atoms with Crippen LogP contribution in [0.1, 0.15) is 31.1 Å². The third-order valence-corrected chi connectivity index (χ3v) is 3.43. The number of anilines is 1. The Kier molecular flexibility index (Phi) is 3.53. The maximum absolute atomic E-state index is 12.3. The maximum Gasteiger partial charge on any atom is 0.367 e. The van der Waals surface area contributed by atoms with Gasteiger partial charge in [0.1, 0.15) is 5.56 Å². The van der Waals surface area contributed by atoms with Crippen molar-refractivity contribution in [1.29, 1.82) is 0 Å². The van der Waals surface area contributed by atoms with Crippen LogP contribution in [-0.4, -0.2) is 41.9 Å². The molecule has 0 saturated carbocycles. The van der Waals surface area contributed by atoms with Crippen LogP contribution in [0.15, 0.2) is 42.7 Å². The predicted molar refractivity (Wildman–Crippen MR) is 80.9 cm³/mol. The molecule has 3 rings (SSSR count). The fourth-order valence-corrected chi connectivity index (χ4v) is 2.32. The highest BCUT2D eigenvalue weighted by molar-refractivity contribution is 6.21. The highest BCUT2D eigenvalue weighted by Gasteiger charge is 2.39. The zero-order valence-corrected chi connectivity index (χ0v) is 12.5. The lowest BCUT2D eigenvalue weighted by Gasteiger charge is -2.17. The Morgan fingerprint density at radius 2 is 1.70 bits per heavy atom. The molecule has 2 amide bonds. The molecule has 1 aromatic carbocycles. The smallest absolute Gasteiger partial charge is 0.367 e. The summed E-state index contributed by atoms with van der Waals surface area (Å²) in [7, 11) is 3.52. The Morgan fingerprint density at radius 3 is 2.26 bits per heavy atom. The van der Waals surface area contributed by atoms with Gasteiger partial charge in [0.2, 0.25) is 0 Å². The average molecular weight is 311 g/mol. The zero-order chi connectivity index (χ0) is 16.6. The number of fused-ring (bicyclic) bond motifs is 1. The standard InChI is InChI=1S/C16H13N3O4/c1-18(2)13-7-8-17-9-12(13)16(22)23-19-14(20)10-5-3-4-6-11(10)15(19)21/h3-9H,1-2H3. The molecule has 0 bridgehead atoms. The number of hydrogen-bond donors (Lipinski definition) is 0. The van der Waals surface area contributed by atoms with E-state index in [1.54, 1.807) is 37.2 Å². The van der Waals surface area contributed by atoms with E-state index in [2.05, 4.69) is 4.98 Å². The Bertz CT molecular complexity index is 781. The van der Waals surface area contributed by atoms with E-state index in [1.165, 1.54) is 24.5 Å². The first-order valence-electron chi connectivity index (χ1n) is 6.82. The van der Waals surface area contributed by atoms with Crippen molar-refractivity contribution in [3.05, 3.63) is 59.4 Å². The molecule has 0 spiro atoms. The van der Waals surface area contributed by atoms with Crippen LogP contribution in [0.5, 0.6) is 0 Å². The first kappa shape index (κ1) is 14.7. The van der Waals surface area contributed by atoms with Crippen molar-refractivity contribution in [3.63, 3.8) is 0 Å². The SMILES string of the molecule is CN(C)c1ccncc1C(=O)ON1C(=O)c2ccccc2C1=O. The lowest BCUT2D eigenvalue weighted by atomic mass is 10.1. The first-order valence-corrected chi connectivity index (χ1v) is 6.82. The molecule has 1 aliphatic heterocycles. The third kappa shape index (κ3) is 2.42. The molecular weight excluding hydrogens is 298 g/mol. The number of nitrogens with zero attached hydrogens (tertiary/aromatic N) is 3. The summed E-state index contributed by atoms with van der Waals surface area (Å²) in [5, 5.41) is 0.486. The summed E-state index contributed by atoms with van der Waals surface area (Å²) in [4.78, 5) is 47.3. The monoisotopic (exact) mass is 311 g/mol. The van der Waals surface area contributed by atoms with Crippen LogP contribution in [0.25, 0.3) is 0 Å². The van der Waals surface area contributed by atoms with Crippen molar-refractivity contribution in [1.82, 2.24) is 10.0 Å². The number of rotatable bonds is 3. The molecule has 7 nitrogen and oxygen atoms in total. The second-order valence-electron chi connectivity index (χ2n) is 5.12. The summed E-state index contributed by atoms with van der Waals surface area (Å²) in [6.45, 7) is 0. The van der Waals surface area contributed by atoms with Gasteiger partial charge in [-0.05, 0) is 18.2 Å². The Morgan fingerprint density at radius 1 is 1.09 bits per heavy atom. The second-order valence-corrected chi connectivity index (χ2v) is 5.12. The quantitative estimate of drug-likeness (QED) is 0.800. The number of hydrogen-bond acceptors (Lipinski definition) is 6. The number of aromatic nitrogens is 1. The summed E-state index contributed by atoms with van der Waals surface area (Å²) < 4.78 is 0. The first-order chi connectivity index (χ1) is 11.0. The van der Waals surface area contributed by atoms with Crippen LogP contribution < -0.4 is 4.90 Å². The minimum Gasteiger partial charge on any atom is -0.377 e. The lowest BCUT2D eigenvalue weighted by Crippen LogP contribution is -2.33. The van der Waals surface area contributed by atoms with Gasteiger partial charge >= 0.3 is 5.97 Å². The molecule has 0 fully saturated rings. The Labute approximate surface area is 132 Å². The number of imide groups is 1. The van der Waals surface area contributed by atoms with E-state index in [0.29, 0.717) is 10.8 Å². The van der Waals surface area contributed by atoms with Crippen molar-refractivity contribution < 1.29 is 19.2 Å². The molecule has 7 heteroatoms. The van der Waals surface area contributed by atoms with Crippen molar-refractivity contribution in [3.8, 4) is 0 Å². The van der Waals surface area contributed by atoms with E-state index in [9.17, 15) is 14.4 Å². The predicted octanol–water partition coefficient (Wildman–Crippen LogP) is 1.52. The summed E-state index contributed by atoms with van der Waals surface area (Å²) in [5.41, 5.74) is 1.16. The molecule has 0 unspecified atom stereocenters. The summed E-state index contributed by atoms with van der Waals surface area (Å²) >= 11 is 0. The van der Waals surface area contributed by atoms with Crippen LogP contribution in [0.2, 0.25) is 0 Å². The van der Waals surface area contributed by atoms with Crippen molar-refractivity contribution in [2.24, 2.45) is 0 Å². The Balaban J connectivity index is 1.88. The van der Waals surface area contributed by atoms with Gasteiger partial charge in [0.25, 0.3) is 11.8 Å². The molecular formula is C16H13N3O4. The summed E-state index contributed by atoms with van der Waals surface area (Å²) in [6, 6.07) is 7.94. The van der Waals surface area contributed by atoms with Gasteiger partial charge in [0, 0.05) is 26.5 Å². The van der Waals surface area contributed by atoms with E-state index in [4.69, 9.17) is 4.84 Å². The number of pyridine rings is 1. The van der Waals surface area contributed by atoms with Gasteiger partial charge in [-0.15, -0.1) is 0 Å². The second kappa shape index (κ2) is 5.53. The number of benzene rings is 1. The number of carbonyl (C=O) groups excluding carboxylic acids is 3. The van der Waals surface area contributed by atoms with Gasteiger partial charge in [-0.1, -0.05) is 17.2 Å². The molecule has 0 atom stereocenters. The van der Waals surface area contributed by atoms with Gasteiger partial charge in [-0.2, -0.15) is 0 Å². The van der Waals surface area contributed by atoms with E-state index in [0.717, 1.165) is 0 Å². The largest absolute Gasteiger partial charge is 0.377 e. The fraction of sp³-hybridized carbons (Fsp3) is 0.125. The molecule has 0 aliphatic carbocycles. The number of amides is 2. The van der Waals surface area contributed by atoms with Crippen LogP contribution in [0.4, 0.5) is 5.69 Å². The molecule has 23 heavy (non-hydrogen) atoms. The van der Waals surface area contributed by atoms with Crippen LogP contribution in [0.3, 0.4) is 0 Å². The molecule has 2 heterocycles. The third-order valence-electron chi connectivity index (χ3n) is 3.43. The minimum absolute atomic E-state index is 0.161. The van der Waals surface area contributed by atoms with Crippen molar-refractivity contribution >= 4 is 23.5 Å². The normalized spacial score (nSPS) is 13.0. The minimum atomic E-state index is -0.823. The molecule has 1 aromatic heterocycles. The highest BCUT2D eigenvalue weighted by atomic mass is 16.7. The van der Waals surface area contributed by atoms with Gasteiger partial charge < -0.3 is 9.74 Å². The molecule has 0 N–H and O–H groups in total. The number of carbonyl (C=O) groups is 3. The summed E-state index contributed by atoms with van der Waals surface area (Å²) in [6.07, 6.45) is 2.87. The van der Waals surface area contributed by atoms with E-state index in [-0.39, 0.29) is 16.7 Å². The maximum atomic E-state index is 12.3. The molecule has 1 aliphatic rings. The molecule has 2 aromatic rings. The van der Waals surface area contributed by atoms with Gasteiger partial charge in [0.05, 0.1) is 16.8 Å². The topological polar surface area (TPSA) is 79.8 Å². The Hall–Kier alpha value is -3.22. The highest BCUT2D eigenvalue weighted by Crippen LogP contribution is 2.24. The number of hydroxylamine groups is 2. The van der Waals surface area contributed by atoms with Crippen LogP contribution >= 0.6 is 0 Å². The van der Waals surface area contributed by atoms with Crippen molar-refractivity contribution in [2.75, 3.05) is 19.0 Å². The average Bonchev–Trinajstić information content (AvgIpc) is 2.80. The van der Waals surface area contributed by atoms with Gasteiger partial charge in [-0.25, -0.2) is 4.79 Å². The van der Waals surface area contributed by atoms with Crippen molar-refractivity contribution in [2.45, 2.75) is 0 Å². The lowest BCUT2D eigenvalue weighted by molar-refractivity contribution is -0.0584. The summed E-state index contributed by atoms with van der Waals surface area (Å²) in [5.74, 6) is -2.14. The fourth-order valence-electron chi connectivity index (χ4n) is 2.32.